The molecule has 0 fully saturated rings. The summed E-state index contributed by atoms with van der Waals surface area (Å²) in [5, 5.41) is 21.4. The van der Waals surface area contributed by atoms with Gasteiger partial charge in [-0.1, -0.05) is 29.4 Å². The molecule has 0 saturated heterocycles. The van der Waals surface area contributed by atoms with Gasteiger partial charge in [-0.25, -0.2) is 0 Å². The summed E-state index contributed by atoms with van der Waals surface area (Å²) in [6, 6.07) is 7.27. The topological polar surface area (TPSA) is 63.8 Å². The molecule has 1 N–H and O–H groups in total. The van der Waals surface area contributed by atoms with Crippen LogP contribution in [0.25, 0.3) is 5.69 Å². The Morgan fingerprint density at radius 2 is 2.31 bits per heavy atom. The number of aliphatic hydroxyl groups is 1. The van der Waals surface area contributed by atoms with Crippen LogP contribution in [0.5, 0.6) is 0 Å². The van der Waals surface area contributed by atoms with Crippen LogP contribution >= 0.6 is 23.4 Å². The van der Waals surface area contributed by atoms with Crippen molar-refractivity contribution in [1.82, 2.24) is 20.2 Å². The third kappa shape index (κ3) is 2.52. The summed E-state index contributed by atoms with van der Waals surface area (Å²) in [4.78, 5) is 0. The zero-order valence-electron chi connectivity index (χ0n) is 8.25. The van der Waals surface area contributed by atoms with E-state index in [-0.39, 0.29) is 6.61 Å². The van der Waals surface area contributed by atoms with Gasteiger partial charge in [-0.3, -0.25) is 0 Å². The minimum absolute atomic E-state index is 0.0903. The van der Waals surface area contributed by atoms with Gasteiger partial charge in [0, 0.05) is 10.8 Å². The van der Waals surface area contributed by atoms with Crippen LogP contribution in [0.1, 0.15) is 0 Å². The molecule has 0 amide bonds. The lowest BCUT2D eigenvalue weighted by Crippen LogP contribution is -1.99. The predicted octanol–water partition coefficient (Wildman–Crippen LogP) is 1.40. The summed E-state index contributed by atoms with van der Waals surface area (Å²) in [6.07, 6.45) is 0. The van der Waals surface area contributed by atoms with Crippen molar-refractivity contribution in [3.63, 3.8) is 0 Å². The van der Waals surface area contributed by atoms with E-state index in [9.17, 15) is 0 Å². The Bertz CT molecular complexity index is 476. The summed E-state index contributed by atoms with van der Waals surface area (Å²) in [5.41, 5.74) is 0.804. The average Bonchev–Trinajstić information content (AvgIpc) is 2.74. The van der Waals surface area contributed by atoms with Crippen molar-refractivity contribution in [1.29, 1.82) is 0 Å². The normalized spacial score (nSPS) is 10.6. The van der Waals surface area contributed by atoms with E-state index in [4.69, 9.17) is 16.7 Å². The number of nitrogens with zero attached hydrogens (tertiary/aromatic N) is 4. The van der Waals surface area contributed by atoms with Crippen LogP contribution < -0.4 is 0 Å². The fourth-order valence-corrected chi connectivity index (χ4v) is 1.99. The Morgan fingerprint density at radius 1 is 1.44 bits per heavy atom. The first-order chi connectivity index (χ1) is 7.81. The average molecular weight is 257 g/mol. The SMILES string of the molecule is OCCSc1nnnn1-c1cccc(Cl)c1. The molecule has 0 spiro atoms. The van der Waals surface area contributed by atoms with Gasteiger partial charge in [0.2, 0.25) is 5.16 Å². The number of thioether (sulfide) groups is 1. The van der Waals surface area contributed by atoms with Gasteiger partial charge in [0.25, 0.3) is 0 Å². The van der Waals surface area contributed by atoms with E-state index in [1.807, 2.05) is 12.1 Å². The van der Waals surface area contributed by atoms with Crippen molar-refractivity contribution in [3.05, 3.63) is 29.3 Å². The Kier molecular flexibility index (Phi) is 3.76. The van der Waals surface area contributed by atoms with Crippen LogP contribution in [0.15, 0.2) is 29.4 Å². The highest BCUT2D eigenvalue weighted by Gasteiger charge is 2.08. The standard InChI is InChI=1S/C9H9ClN4OS/c10-7-2-1-3-8(6-7)14-9(11-12-13-14)16-5-4-15/h1-3,6,15H,4-5H2. The third-order valence-electron chi connectivity index (χ3n) is 1.82. The smallest absolute Gasteiger partial charge is 0.214 e. The molecule has 0 atom stereocenters. The number of tetrazole rings is 1. The number of benzene rings is 1. The molecule has 0 aliphatic rings. The number of hydrogen-bond donors (Lipinski definition) is 1. The lowest BCUT2D eigenvalue weighted by atomic mass is 10.3. The maximum atomic E-state index is 8.75. The second-order valence-electron chi connectivity index (χ2n) is 2.93. The van der Waals surface area contributed by atoms with Crippen molar-refractivity contribution >= 4 is 23.4 Å². The third-order valence-corrected chi connectivity index (χ3v) is 2.95. The Hall–Kier alpha value is -1.11. The monoisotopic (exact) mass is 256 g/mol. The first kappa shape index (κ1) is 11.4. The molecule has 7 heteroatoms. The lowest BCUT2D eigenvalue weighted by Gasteiger charge is -2.03. The van der Waals surface area contributed by atoms with Gasteiger partial charge >= 0.3 is 0 Å². The minimum atomic E-state index is 0.0903. The van der Waals surface area contributed by atoms with E-state index in [0.29, 0.717) is 15.9 Å². The Balaban J connectivity index is 2.29. The fraction of sp³-hybridized carbons (Fsp3) is 0.222. The first-order valence-corrected chi connectivity index (χ1v) is 5.95. The van der Waals surface area contributed by atoms with Gasteiger partial charge in [0.15, 0.2) is 0 Å². The van der Waals surface area contributed by atoms with Gasteiger partial charge in [0.05, 0.1) is 12.3 Å². The highest BCUT2D eigenvalue weighted by Crippen LogP contribution is 2.19. The summed E-state index contributed by atoms with van der Waals surface area (Å²) in [5.74, 6) is 0.556. The molecule has 2 aromatic rings. The minimum Gasteiger partial charge on any atom is -0.396 e. The molecular weight excluding hydrogens is 248 g/mol. The van der Waals surface area contributed by atoms with Crippen LogP contribution in [0.4, 0.5) is 0 Å². The molecular formula is C9H9ClN4OS. The maximum absolute atomic E-state index is 8.75. The molecule has 1 heterocycles. The Morgan fingerprint density at radius 3 is 3.06 bits per heavy atom. The molecule has 5 nitrogen and oxygen atoms in total. The van der Waals surface area contributed by atoms with Crippen LogP contribution in [0, 0.1) is 0 Å². The van der Waals surface area contributed by atoms with Crippen molar-refractivity contribution in [2.45, 2.75) is 5.16 Å². The van der Waals surface area contributed by atoms with Crippen LogP contribution in [0.2, 0.25) is 5.02 Å². The number of hydrogen-bond acceptors (Lipinski definition) is 5. The van der Waals surface area contributed by atoms with E-state index < -0.39 is 0 Å². The molecule has 0 unspecified atom stereocenters. The van der Waals surface area contributed by atoms with Gasteiger partial charge in [-0.15, -0.1) is 5.10 Å². The zero-order chi connectivity index (χ0) is 11.4. The molecule has 1 aromatic carbocycles. The number of rotatable bonds is 4. The highest BCUT2D eigenvalue weighted by molar-refractivity contribution is 7.99. The van der Waals surface area contributed by atoms with Crippen molar-refractivity contribution in [3.8, 4) is 5.69 Å². The second-order valence-corrected chi connectivity index (χ2v) is 4.42. The van der Waals surface area contributed by atoms with E-state index in [0.717, 1.165) is 5.69 Å². The number of aromatic nitrogens is 4. The van der Waals surface area contributed by atoms with Gasteiger partial charge in [-0.05, 0) is 28.6 Å². The largest absolute Gasteiger partial charge is 0.396 e. The predicted molar refractivity (Wildman–Crippen MR) is 62.0 cm³/mol. The van der Waals surface area contributed by atoms with E-state index in [1.54, 1.807) is 16.8 Å². The van der Waals surface area contributed by atoms with E-state index in [2.05, 4.69) is 15.5 Å². The van der Waals surface area contributed by atoms with Crippen LogP contribution in [-0.4, -0.2) is 37.7 Å². The molecule has 2 rings (SSSR count). The summed E-state index contributed by atoms with van der Waals surface area (Å²) in [6.45, 7) is 0.0903. The maximum Gasteiger partial charge on any atom is 0.214 e. The number of halogens is 1. The molecule has 84 valence electrons. The summed E-state index contributed by atoms with van der Waals surface area (Å²) >= 11 is 7.28. The van der Waals surface area contributed by atoms with Crippen molar-refractivity contribution in [2.24, 2.45) is 0 Å². The van der Waals surface area contributed by atoms with E-state index in [1.165, 1.54) is 11.8 Å². The van der Waals surface area contributed by atoms with Gasteiger partial charge in [-0.2, -0.15) is 4.68 Å². The molecule has 16 heavy (non-hydrogen) atoms. The van der Waals surface area contributed by atoms with Gasteiger partial charge in [0.1, 0.15) is 0 Å². The molecule has 0 aliphatic heterocycles. The Labute approximate surface area is 101 Å². The molecule has 0 saturated carbocycles. The van der Waals surface area contributed by atoms with Crippen molar-refractivity contribution in [2.75, 3.05) is 12.4 Å². The summed E-state index contributed by atoms with van der Waals surface area (Å²) in [7, 11) is 0. The summed E-state index contributed by atoms with van der Waals surface area (Å²) < 4.78 is 1.59. The van der Waals surface area contributed by atoms with Crippen LogP contribution in [-0.2, 0) is 0 Å². The molecule has 0 bridgehead atoms. The molecule has 0 aliphatic carbocycles. The highest BCUT2D eigenvalue weighted by atomic mass is 35.5. The molecule has 1 aromatic heterocycles. The quantitative estimate of drug-likeness (QED) is 0.838. The zero-order valence-corrected chi connectivity index (χ0v) is 9.82. The first-order valence-electron chi connectivity index (χ1n) is 4.59. The van der Waals surface area contributed by atoms with Gasteiger partial charge < -0.3 is 5.11 Å². The lowest BCUT2D eigenvalue weighted by molar-refractivity contribution is 0.322. The van der Waals surface area contributed by atoms with E-state index >= 15 is 0 Å². The van der Waals surface area contributed by atoms with Crippen molar-refractivity contribution < 1.29 is 5.11 Å². The second kappa shape index (κ2) is 5.29. The van der Waals surface area contributed by atoms with Crippen LogP contribution in [0.3, 0.4) is 0 Å². The molecule has 0 radical (unpaired) electrons. The fourth-order valence-electron chi connectivity index (χ4n) is 1.18. The number of aliphatic hydroxyl groups excluding tert-OH is 1.